The summed E-state index contributed by atoms with van der Waals surface area (Å²) in [5.74, 6) is 0. The van der Waals surface area contributed by atoms with Crippen LogP contribution in [-0.4, -0.2) is 12.7 Å². The number of rotatable bonds is 5. The summed E-state index contributed by atoms with van der Waals surface area (Å²) >= 11 is 0. The Morgan fingerprint density at radius 1 is 1.36 bits per heavy atom. The highest BCUT2D eigenvalue weighted by molar-refractivity contribution is 5.14. The van der Waals surface area contributed by atoms with Gasteiger partial charge in [0.05, 0.1) is 6.07 Å². The highest BCUT2D eigenvalue weighted by Gasteiger charge is 1.98. The molecular weight excluding hydrogens is 174 g/mol. The fraction of sp³-hybridized carbons (Fsp3) is 0.417. The second kappa shape index (κ2) is 6.17. The number of hydrogen-bond donors (Lipinski definition) is 0. The van der Waals surface area contributed by atoms with Gasteiger partial charge in [-0.25, -0.2) is 0 Å². The van der Waals surface area contributed by atoms with E-state index in [4.69, 9.17) is 10.00 Å². The van der Waals surface area contributed by atoms with Crippen molar-refractivity contribution in [3.05, 3.63) is 35.9 Å². The van der Waals surface area contributed by atoms with Crippen molar-refractivity contribution in [2.45, 2.75) is 25.9 Å². The van der Waals surface area contributed by atoms with Crippen LogP contribution in [0.2, 0.25) is 0 Å². The van der Waals surface area contributed by atoms with E-state index in [2.05, 4.69) is 12.1 Å². The Kier molecular flexibility index (Phi) is 4.74. The minimum absolute atomic E-state index is 0.286. The first kappa shape index (κ1) is 10.7. The summed E-state index contributed by atoms with van der Waals surface area (Å²) in [5, 5.41) is 8.48. The Hall–Kier alpha value is -1.33. The van der Waals surface area contributed by atoms with Crippen LogP contribution in [-0.2, 0) is 11.2 Å². The van der Waals surface area contributed by atoms with Crippen molar-refractivity contribution in [3.8, 4) is 6.07 Å². The number of nitrogens with zero attached hydrogens (tertiary/aromatic N) is 1. The monoisotopic (exact) mass is 189 g/mol. The summed E-state index contributed by atoms with van der Waals surface area (Å²) in [6, 6.07) is 12.3. The lowest BCUT2D eigenvalue weighted by Gasteiger charge is -2.04. The van der Waals surface area contributed by atoms with Gasteiger partial charge in [0.15, 0.2) is 0 Å². The van der Waals surface area contributed by atoms with E-state index in [1.165, 1.54) is 5.56 Å². The average molecular weight is 189 g/mol. The minimum Gasteiger partial charge on any atom is -0.364 e. The van der Waals surface area contributed by atoms with Gasteiger partial charge in [-0.1, -0.05) is 30.3 Å². The molecule has 0 aliphatic carbocycles. The molecule has 0 aliphatic heterocycles. The molecule has 0 fully saturated rings. The van der Waals surface area contributed by atoms with Crippen LogP contribution in [0.3, 0.4) is 0 Å². The lowest BCUT2D eigenvalue weighted by atomic mass is 10.1. The highest BCUT2D eigenvalue weighted by atomic mass is 16.5. The summed E-state index contributed by atoms with van der Waals surface area (Å²) in [6.45, 7) is 2.42. The predicted octanol–water partition coefficient (Wildman–Crippen LogP) is 2.55. The molecule has 1 rings (SSSR count). The van der Waals surface area contributed by atoms with Gasteiger partial charge in [-0.3, -0.25) is 0 Å². The first-order valence-corrected chi connectivity index (χ1v) is 4.88. The molecular formula is C12H15NO. The Bertz CT molecular complexity index is 289. The molecule has 2 heteroatoms. The number of benzene rings is 1. The van der Waals surface area contributed by atoms with Gasteiger partial charge in [-0.05, 0) is 25.3 Å². The highest BCUT2D eigenvalue weighted by Crippen LogP contribution is 2.02. The molecule has 0 aliphatic rings. The third-order valence-electron chi connectivity index (χ3n) is 2.00. The molecule has 0 radical (unpaired) electrons. The summed E-state index contributed by atoms with van der Waals surface area (Å²) in [6.07, 6.45) is 1.69. The van der Waals surface area contributed by atoms with E-state index in [1.54, 1.807) is 6.92 Å². The zero-order valence-corrected chi connectivity index (χ0v) is 8.44. The van der Waals surface area contributed by atoms with E-state index >= 15 is 0 Å². The van der Waals surface area contributed by atoms with Crippen molar-refractivity contribution >= 4 is 0 Å². The summed E-state index contributed by atoms with van der Waals surface area (Å²) in [4.78, 5) is 0. The fourth-order valence-electron chi connectivity index (χ4n) is 1.22. The van der Waals surface area contributed by atoms with Crippen LogP contribution < -0.4 is 0 Å². The maximum absolute atomic E-state index is 8.48. The Morgan fingerprint density at radius 3 is 2.71 bits per heavy atom. The van der Waals surface area contributed by atoms with E-state index in [0.29, 0.717) is 6.61 Å². The van der Waals surface area contributed by atoms with Gasteiger partial charge in [0.25, 0.3) is 0 Å². The standard InChI is InChI=1S/C12H15NO/c1-11(10-13)14-9-5-8-12-6-3-2-4-7-12/h2-4,6-7,11H,5,8-9H2,1H3/t11-/m0/s1. The summed E-state index contributed by atoms with van der Waals surface area (Å²) < 4.78 is 5.25. The SMILES string of the molecule is C[C@@H](C#N)OCCCc1ccccc1. The molecule has 0 aromatic heterocycles. The Morgan fingerprint density at radius 2 is 2.07 bits per heavy atom. The molecule has 0 heterocycles. The molecule has 0 spiro atoms. The van der Waals surface area contributed by atoms with Gasteiger partial charge >= 0.3 is 0 Å². The maximum atomic E-state index is 8.48. The van der Waals surface area contributed by atoms with E-state index in [1.807, 2.05) is 24.3 Å². The average Bonchev–Trinajstić information content (AvgIpc) is 2.25. The summed E-state index contributed by atoms with van der Waals surface area (Å²) in [7, 11) is 0. The molecule has 0 saturated heterocycles. The Labute approximate surface area is 85.1 Å². The van der Waals surface area contributed by atoms with Gasteiger partial charge in [0, 0.05) is 6.61 Å². The number of nitriles is 1. The third kappa shape index (κ3) is 4.06. The van der Waals surface area contributed by atoms with Crippen molar-refractivity contribution in [1.82, 2.24) is 0 Å². The van der Waals surface area contributed by atoms with Gasteiger partial charge in [-0.15, -0.1) is 0 Å². The predicted molar refractivity (Wildman–Crippen MR) is 55.8 cm³/mol. The van der Waals surface area contributed by atoms with Crippen LogP contribution in [0.1, 0.15) is 18.9 Å². The second-order valence-corrected chi connectivity index (χ2v) is 3.23. The first-order chi connectivity index (χ1) is 6.83. The summed E-state index contributed by atoms with van der Waals surface area (Å²) in [5.41, 5.74) is 1.32. The van der Waals surface area contributed by atoms with Gasteiger partial charge in [-0.2, -0.15) is 5.26 Å². The fourth-order valence-corrected chi connectivity index (χ4v) is 1.22. The van der Waals surface area contributed by atoms with Crippen molar-refractivity contribution in [2.75, 3.05) is 6.61 Å². The zero-order chi connectivity index (χ0) is 10.2. The molecule has 1 aromatic carbocycles. The lowest BCUT2D eigenvalue weighted by Crippen LogP contribution is -2.06. The van der Waals surface area contributed by atoms with Crippen LogP contribution in [0.5, 0.6) is 0 Å². The molecule has 0 unspecified atom stereocenters. The smallest absolute Gasteiger partial charge is 0.141 e. The molecule has 0 amide bonds. The number of ether oxygens (including phenoxy) is 1. The molecule has 0 saturated carbocycles. The van der Waals surface area contributed by atoms with E-state index < -0.39 is 0 Å². The van der Waals surface area contributed by atoms with Gasteiger partial charge < -0.3 is 4.74 Å². The van der Waals surface area contributed by atoms with Gasteiger partial charge in [0.2, 0.25) is 0 Å². The van der Waals surface area contributed by atoms with Crippen LogP contribution in [0.4, 0.5) is 0 Å². The number of aryl methyl sites for hydroxylation is 1. The normalized spacial score (nSPS) is 12.0. The quantitative estimate of drug-likeness (QED) is 0.667. The van der Waals surface area contributed by atoms with Crippen molar-refractivity contribution in [3.63, 3.8) is 0 Å². The third-order valence-corrected chi connectivity index (χ3v) is 2.00. The van der Waals surface area contributed by atoms with Crippen LogP contribution >= 0.6 is 0 Å². The lowest BCUT2D eigenvalue weighted by molar-refractivity contribution is 0.100. The van der Waals surface area contributed by atoms with Crippen molar-refractivity contribution in [1.29, 1.82) is 5.26 Å². The Balaban J connectivity index is 2.14. The molecule has 14 heavy (non-hydrogen) atoms. The minimum atomic E-state index is -0.286. The molecule has 74 valence electrons. The van der Waals surface area contributed by atoms with Crippen molar-refractivity contribution < 1.29 is 4.74 Å². The maximum Gasteiger partial charge on any atom is 0.141 e. The zero-order valence-electron chi connectivity index (χ0n) is 8.44. The van der Waals surface area contributed by atoms with Crippen LogP contribution in [0.25, 0.3) is 0 Å². The van der Waals surface area contributed by atoms with Gasteiger partial charge in [0.1, 0.15) is 6.10 Å². The first-order valence-electron chi connectivity index (χ1n) is 4.88. The topological polar surface area (TPSA) is 33.0 Å². The van der Waals surface area contributed by atoms with E-state index in [9.17, 15) is 0 Å². The number of hydrogen-bond acceptors (Lipinski definition) is 2. The molecule has 0 bridgehead atoms. The second-order valence-electron chi connectivity index (χ2n) is 3.23. The van der Waals surface area contributed by atoms with E-state index in [-0.39, 0.29) is 6.10 Å². The van der Waals surface area contributed by atoms with Crippen LogP contribution in [0, 0.1) is 11.3 Å². The van der Waals surface area contributed by atoms with Crippen molar-refractivity contribution in [2.24, 2.45) is 0 Å². The molecule has 0 N–H and O–H groups in total. The molecule has 1 aromatic rings. The van der Waals surface area contributed by atoms with Crippen LogP contribution in [0.15, 0.2) is 30.3 Å². The molecule has 2 nitrogen and oxygen atoms in total. The largest absolute Gasteiger partial charge is 0.364 e. The molecule has 1 atom stereocenters. The van der Waals surface area contributed by atoms with E-state index in [0.717, 1.165) is 12.8 Å².